The molecule has 19 heavy (non-hydrogen) atoms. The Morgan fingerprint density at radius 1 is 1.11 bits per heavy atom. The first-order valence-electron chi connectivity index (χ1n) is 5.84. The lowest BCUT2D eigenvalue weighted by Gasteiger charge is -2.25. The highest BCUT2D eigenvalue weighted by Gasteiger charge is 2.36. The molecule has 2 rings (SSSR count). The molecule has 2 aromatic carbocycles. The van der Waals surface area contributed by atoms with E-state index in [1.165, 1.54) is 24.3 Å². The zero-order chi connectivity index (χ0) is 13.9. The molecule has 98 valence electrons. The van der Waals surface area contributed by atoms with E-state index in [4.69, 9.17) is 5.73 Å². The second-order valence-corrected chi connectivity index (χ2v) is 4.45. The summed E-state index contributed by atoms with van der Waals surface area (Å²) in [5.74, 6) is -1.56. The van der Waals surface area contributed by atoms with Gasteiger partial charge in [0, 0.05) is 6.42 Å². The van der Waals surface area contributed by atoms with Crippen molar-refractivity contribution in [1.82, 2.24) is 0 Å². The lowest BCUT2D eigenvalue weighted by molar-refractivity contribution is -0.143. The van der Waals surface area contributed by atoms with Gasteiger partial charge in [0.15, 0.2) is 0 Å². The molecule has 0 aliphatic rings. The molecule has 0 amide bonds. The molecule has 0 aliphatic heterocycles. The molecule has 0 spiro atoms. The number of carboxylic acids is 1. The van der Waals surface area contributed by atoms with Crippen LogP contribution in [0.4, 0.5) is 4.39 Å². The average Bonchev–Trinajstić information content (AvgIpc) is 2.40. The van der Waals surface area contributed by atoms with Gasteiger partial charge in [-0.15, -0.1) is 0 Å². The second-order valence-electron chi connectivity index (χ2n) is 4.45. The van der Waals surface area contributed by atoms with Crippen LogP contribution in [0.1, 0.15) is 11.1 Å². The largest absolute Gasteiger partial charge is 0.480 e. The monoisotopic (exact) mass is 259 g/mol. The van der Waals surface area contributed by atoms with Crippen molar-refractivity contribution in [1.29, 1.82) is 0 Å². The number of halogens is 1. The van der Waals surface area contributed by atoms with Crippen LogP contribution in [0, 0.1) is 5.82 Å². The standard InChI is InChI=1S/C15H14FNO2/c16-13-8-6-12(7-9-13)15(17,14(18)19)10-11-4-2-1-3-5-11/h1-9H,10,17H2,(H,18,19). The van der Waals surface area contributed by atoms with Crippen LogP contribution in [0.2, 0.25) is 0 Å². The quantitative estimate of drug-likeness (QED) is 0.885. The summed E-state index contributed by atoms with van der Waals surface area (Å²) >= 11 is 0. The van der Waals surface area contributed by atoms with Crippen LogP contribution >= 0.6 is 0 Å². The number of hydrogen-bond acceptors (Lipinski definition) is 2. The summed E-state index contributed by atoms with van der Waals surface area (Å²) in [6.07, 6.45) is 0.148. The van der Waals surface area contributed by atoms with Gasteiger partial charge in [-0.3, -0.25) is 0 Å². The minimum atomic E-state index is -1.56. The van der Waals surface area contributed by atoms with Gasteiger partial charge in [-0.2, -0.15) is 0 Å². The minimum Gasteiger partial charge on any atom is -0.480 e. The van der Waals surface area contributed by atoms with Gasteiger partial charge in [0.05, 0.1) is 0 Å². The second kappa shape index (κ2) is 5.20. The third kappa shape index (κ3) is 2.80. The fourth-order valence-corrected chi connectivity index (χ4v) is 1.97. The molecule has 3 nitrogen and oxygen atoms in total. The van der Waals surface area contributed by atoms with Crippen molar-refractivity contribution in [3.8, 4) is 0 Å². The van der Waals surface area contributed by atoms with Gasteiger partial charge in [-0.25, -0.2) is 9.18 Å². The van der Waals surface area contributed by atoms with Crippen molar-refractivity contribution in [2.75, 3.05) is 0 Å². The Morgan fingerprint density at radius 3 is 2.21 bits per heavy atom. The van der Waals surface area contributed by atoms with Gasteiger partial charge in [-0.05, 0) is 23.3 Å². The summed E-state index contributed by atoms with van der Waals surface area (Å²) in [4.78, 5) is 11.5. The van der Waals surface area contributed by atoms with Crippen LogP contribution in [0.5, 0.6) is 0 Å². The average molecular weight is 259 g/mol. The fraction of sp³-hybridized carbons (Fsp3) is 0.133. The predicted molar refractivity (Wildman–Crippen MR) is 70.0 cm³/mol. The van der Waals surface area contributed by atoms with Gasteiger partial charge in [-0.1, -0.05) is 42.5 Å². The smallest absolute Gasteiger partial charge is 0.328 e. The summed E-state index contributed by atoms with van der Waals surface area (Å²) in [7, 11) is 0. The van der Waals surface area contributed by atoms with Gasteiger partial charge in [0.1, 0.15) is 11.4 Å². The Balaban J connectivity index is 2.38. The van der Waals surface area contributed by atoms with E-state index in [9.17, 15) is 14.3 Å². The molecular formula is C15H14FNO2. The molecule has 0 aromatic heterocycles. The predicted octanol–water partition coefficient (Wildman–Crippen LogP) is 2.31. The summed E-state index contributed by atoms with van der Waals surface area (Å²) < 4.78 is 12.9. The molecule has 2 aromatic rings. The lowest BCUT2D eigenvalue weighted by Crippen LogP contribution is -2.46. The maximum atomic E-state index is 12.9. The number of hydrogen-bond donors (Lipinski definition) is 2. The summed E-state index contributed by atoms with van der Waals surface area (Å²) in [5, 5.41) is 9.40. The van der Waals surface area contributed by atoms with Crippen molar-refractivity contribution >= 4 is 5.97 Å². The van der Waals surface area contributed by atoms with Crippen molar-refractivity contribution in [2.24, 2.45) is 5.73 Å². The number of benzene rings is 2. The molecule has 0 heterocycles. The molecule has 0 fully saturated rings. The molecule has 0 saturated heterocycles. The SMILES string of the molecule is NC(Cc1ccccc1)(C(=O)O)c1ccc(F)cc1. The molecular weight excluding hydrogens is 245 g/mol. The van der Waals surface area contributed by atoms with Crippen molar-refractivity contribution in [3.05, 3.63) is 71.5 Å². The maximum absolute atomic E-state index is 12.9. The van der Waals surface area contributed by atoms with Crippen molar-refractivity contribution < 1.29 is 14.3 Å². The van der Waals surface area contributed by atoms with E-state index in [1.54, 1.807) is 0 Å². The number of nitrogens with two attached hydrogens (primary N) is 1. The zero-order valence-corrected chi connectivity index (χ0v) is 10.2. The van der Waals surface area contributed by atoms with Crippen LogP contribution in [0.3, 0.4) is 0 Å². The molecule has 0 bridgehead atoms. The van der Waals surface area contributed by atoms with E-state index in [0.717, 1.165) is 5.56 Å². The first kappa shape index (κ1) is 13.2. The third-order valence-corrected chi connectivity index (χ3v) is 3.07. The molecule has 3 N–H and O–H groups in total. The van der Waals surface area contributed by atoms with Crippen LogP contribution in [0.25, 0.3) is 0 Å². The zero-order valence-electron chi connectivity index (χ0n) is 10.2. The highest BCUT2D eigenvalue weighted by molar-refractivity contribution is 5.81. The summed E-state index contributed by atoms with van der Waals surface area (Å²) in [6.45, 7) is 0. The normalized spacial score (nSPS) is 13.8. The van der Waals surface area contributed by atoms with Crippen LogP contribution in [-0.2, 0) is 16.8 Å². The summed E-state index contributed by atoms with van der Waals surface area (Å²) in [6, 6.07) is 14.4. The van der Waals surface area contributed by atoms with E-state index in [1.807, 2.05) is 30.3 Å². The molecule has 1 unspecified atom stereocenters. The Labute approximate surface area is 110 Å². The lowest BCUT2D eigenvalue weighted by atomic mass is 9.85. The molecule has 0 saturated carbocycles. The van der Waals surface area contributed by atoms with Gasteiger partial charge in [0.2, 0.25) is 0 Å². The first-order chi connectivity index (χ1) is 9.02. The van der Waals surface area contributed by atoms with Gasteiger partial charge >= 0.3 is 5.97 Å². The molecule has 0 aliphatic carbocycles. The van der Waals surface area contributed by atoms with Gasteiger partial charge < -0.3 is 10.8 Å². The summed E-state index contributed by atoms with van der Waals surface area (Å²) in [5.41, 5.74) is 5.66. The number of aliphatic carboxylic acids is 1. The van der Waals surface area contributed by atoms with Crippen LogP contribution in [-0.4, -0.2) is 11.1 Å². The van der Waals surface area contributed by atoms with E-state index >= 15 is 0 Å². The molecule has 0 radical (unpaired) electrons. The highest BCUT2D eigenvalue weighted by Crippen LogP contribution is 2.24. The molecule has 1 atom stereocenters. The minimum absolute atomic E-state index is 0.148. The first-order valence-corrected chi connectivity index (χ1v) is 5.84. The number of carboxylic acid groups (broad SMARTS) is 1. The van der Waals surface area contributed by atoms with Crippen LogP contribution in [0.15, 0.2) is 54.6 Å². The molecule has 4 heteroatoms. The number of carbonyl (C=O) groups is 1. The van der Waals surface area contributed by atoms with Crippen molar-refractivity contribution in [2.45, 2.75) is 12.0 Å². The number of rotatable bonds is 4. The van der Waals surface area contributed by atoms with E-state index in [0.29, 0.717) is 5.56 Å². The van der Waals surface area contributed by atoms with E-state index in [2.05, 4.69) is 0 Å². The topological polar surface area (TPSA) is 63.3 Å². The van der Waals surface area contributed by atoms with Crippen LogP contribution < -0.4 is 5.73 Å². The Kier molecular flexibility index (Phi) is 3.62. The Hall–Kier alpha value is -2.20. The third-order valence-electron chi connectivity index (χ3n) is 3.07. The van der Waals surface area contributed by atoms with Crippen molar-refractivity contribution in [3.63, 3.8) is 0 Å². The Bertz CT molecular complexity index is 568. The Morgan fingerprint density at radius 2 is 1.68 bits per heavy atom. The fourth-order valence-electron chi connectivity index (χ4n) is 1.97. The van der Waals surface area contributed by atoms with Gasteiger partial charge in [0.25, 0.3) is 0 Å². The maximum Gasteiger partial charge on any atom is 0.328 e. The highest BCUT2D eigenvalue weighted by atomic mass is 19.1. The van der Waals surface area contributed by atoms with E-state index < -0.39 is 17.3 Å². The van der Waals surface area contributed by atoms with E-state index in [-0.39, 0.29) is 6.42 Å².